The number of aromatic nitrogens is 1. The van der Waals surface area contributed by atoms with E-state index in [2.05, 4.69) is 33.9 Å². The second kappa shape index (κ2) is 5.94. The molecule has 3 heteroatoms. The van der Waals surface area contributed by atoms with Crippen LogP contribution in [0, 0.1) is 0 Å². The topological polar surface area (TPSA) is 28.2 Å². The molecule has 1 aromatic heterocycles. The number of nitrogens with zero attached hydrogens (tertiary/aromatic N) is 2. The fourth-order valence-corrected chi connectivity index (χ4v) is 2.01. The largest absolute Gasteiger partial charge is 0.316 e. The smallest absolute Gasteiger partial charge is 0.0544 e. The van der Waals surface area contributed by atoms with Crippen LogP contribution in [0.3, 0.4) is 0 Å². The van der Waals surface area contributed by atoms with Gasteiger partial charge in [-0.1, -0.05) is 12.1 Å². The van der Waals surface area contributed by atoms with Gasteiger partial charge in [0.25, 0.3) is 0 Å². The van der Waals surface area contributed by atoms with Crippen LogP contribution in [0.4, 0.5) is 0 Å². The third-order valence-corrected chi connectivity index (χ3v) is 3.06. The molecule has 1 saturated carbocycles. The molecule has 1 heterocycles. The molecule has 0 spiro atoms. The van der Waals surface area contributed by atoms with Gasteiger partial charge in [-0.15, -0.1) is 6.58 Å². The molecule has 0 aliphatic heterocycles. The van der Waals surface area contributed by atoms with Crippen LogP contribution in [-0.4, -0.2) is 29.5 Å². The van der Waals surface area contributed by atoms with Gasteiger partial charge in [0.05, 0.1) is 5.69 Å². The van der Waals surface area contributed by atoms with Gasteiger partial charge in [-0.3, -0.25) is 9.88 Å². The molecule has 0 bridgehead atoms. The Morgan fingerprint density at radius 3 is 2.88 bits per heavy atom. The quantitative estimate of drug-likeness (QED) is 0.727. The van der Waals surface area contributed by atoms with E-state index >= 15 is 0 Å². The summed E-state index contributed by atoms with van der Waals surface area (Å²) >= 11 is 0. The summed E-state index contributed by atoms with van der Waals surface area (Å²) in [5.74, 6) is 0. The van der Waals surface area contributed by atoms with Crippen molar-refractivity contribution in [1.29, 1.82) is 0 Å². The number of nitrogens with one attached hydrogen (secondary N) is 1. The number of pyridine rings is 1. The van der Waals surface area contributed by atoms with Gasteiger partial charge in [0.15, 0.2) is 0 Å². The number of hydrogen-bond acceptors (Lipinski definition) is 3. The number of hydrogen-bond donors (Lipinski definition) is 1. The van der Waals surface area contributed by atoms with E-state index in [0.29, 0.717) is 0 Å². The van der Waals surface area contributed by atoms with Crippen molar-refractivity contribution in [2.45, 2.75) is 32.0 Å². The molecule has 92 valence electrons. The molecule has 1 fully saturated rings. The van der Waals surface area contributed by atoms with Crippen LogP contribution in [0.1, 0.15) is 24.1 Å². The van der Waals surface area contributed by atoms with E-state index in [1.165, 1.54) is 18.4 Å². The average Bonchev–Trinajstić information content (AvgIpc) is 3.15. The summed E-state index contributed by atoms with van der Waals surface area (Å²) in [7, 11) is 1.95. The molecule has 0 saturated heterocycles. The van der Waals surface area contributed by atoms with Gasteiger partial charge in [0, 0.05) is 31.9 Å². The van der Waals surface area contributed by atoms with Crippen molar-refractivity contribution in [3.8, 4) is 0 Å². The molecule has 3 nitrogen and oxygen atoms in total. The second-order valence-corrected chi connectivity index (χ2v) is 4.64. The predicted octanol–water partition coefficient (Wildman–Crippen LogP) is 1.95. The van der Waals surface area contributed by atoms with Crippen molar-refractivity contribution in [2.75, 3.05) is 13.6 Å². The van der Waals surface area contributed by atoms with Gasteiger partial charge < -0.3 is 5.32 Å². The monoisotopic (exact) mass is 231 g/mol. The van der Waals surface area contributed by atoms with Crippen LogP contribution in [-0.2, 0) is 13.1 Å². The molecule has 0 aromatic carbocycles. The first-order valence-corrected chi connectivity index (χ1v) is 6.27. The standard InChI is InChI=1S/C14H21N3/c1-3-8-17(14-6-7-14)11-13-5-4-12(9-15-2)10-16-13/h3-5,10,14-15H,1,6-9,11H2,2H3. The van der Waals surface area contributed by atoms with Gasteiger partial charge in [-0.25, -0.2) is 0 Å². The Balaban J connectivity index is 1.94. The first kappa shape index (κ1) is 12.3. The second-order valence-electron chi connectivity index (χ2n) is 4.64. The maximum Gasteiger partial charge on any atom is 0.0544 e. The zero-order valence-corrected chi connectivity index (χ0v) is 10.5. The molecule has 0 unspecified atom stereocenters. The Hall–Kier alpha value is -1.19. The highest BCUT2D eigenvalue weighted by atomic mass is 15.2. The van der Waals surface area contributed by atoms with E-state index in [9.17, 15) is 0 Å². The summed E-state index contributed by atoms with van der Waals surface area (Å²) in [4.78, 5) is 6.97. The van der Waals surface area contributed by atoms with Crippen LogP contribution in [0.15, 0.2) is 31.0 Å². The fourth-order valence-electron chi connectivity index (χ4n) is 2.01. The molecule has 0 amide bonds. The Morgan fingerprint density at radius 2 is 2.35 bits per heavy atom. The zero-order valence-electron chi connectivity index (χ0n) is 10.5. The van der Waals surface area contributed by atoms with Gasteiger partial charge >= 0.3 is 0 Å². The van der Waals surface area contributed by atoms with Crippen LogP contribution in [0.2, 0.25) is 0 Å². The highest BCUT2D eigenvalue weighted by Crippen LogP contribution is 2.27. The Bertz CT molecular complexity index is 354. The van der Waals surface area contributed by atoms with Crippen LogP contribution in [0.25, 0.3) is 0 Å². The van der Waals surface area contributed by atoms with Gasteiger partial charge in [0.1, 0.15) is 0 Å². The molecule has 2 rings (SSSR count). The van der Waals surface area contributed by atoms with Crippen molar-refractivity contribution in [3.63, 3.8) is 0 Å². The molecule has 0 radical (unpaired) electrons. The Labute approximate surface area is 104 Å². The lowest BCUT2D eigenvalue weighted by atomic mass is 10.2. The van der Waals surface area contributed by atoms with Crippen LogP contribution < -0.4 is 5.32 Å². The predicted molar refractivity (Wildman–Crippen MR) is 70.6 cm³/mol. The fraction of sp³-hybridized carbons (Fsp3) is 0.500. The first-order chi connectivity index (χ1) is 8.33. The molecule has 0 atom stereocenters. The zero-order chi connectivity index (χ0) is 12.1. The molecular formula is C14H21N3. The van der Waals surface area contributed by atoms with E-state index in [-0.39, 0.29) is 0 Å². The molecular weight excluding hydrogens is 210 g/mol. The van der Waals surface area contributed by atoms with Gasteiger partial charge in [-0.2, -0.15) is 0 Å². The maximum atomic E-state index is 4.51. The van der Waals surface area contributed by atoms with Crippen LogP contribution >= 0.6 is 0 Å². The molecule has 1 aliphatic carbocycles. The summed E-state index contributed by atoms with van der Waals surface area (Å²) in [6.45, 7) is 6.61. The summed E-state index contributed by atoms with van der Waals surface area (Å²) in [6, 6.07) is 5.04. The lowest BCUT2D eigenvalue weighted by Gasteiger charge is -2.19. The molecule has 1 N–H and O–H groups in total. The summed E-state index contributed by atoms with van der Waals surface area (Å²) < 4.78 is 0. The Kier molecular flexibility index (Phi) is 4.29. The highest BCUT2D eigenvalue weighted by Gasteiger charge is 2.28. The van der Waals surface area contributed by atoms with Crippen LogP contribution in [0.5, 0.6) is 0 Å². The first-order valence-electron chi connectivity index (χ1n) is 6.27. The van der Waals surface area contributed by atoms with Gasteiger partial charge in [0.2, 0.25) is 0 Å². The lowest BCUT2D eigenvalue weighted by Crippen LogP contribution is -2.26. The van der Waals surface area contributed by atoms with E-state index in [0.717, 1.165) is 31.4 Å². The van der Waals surface area contributed by atoms with Crippen molar-refractivity contribution in [2.24, 2.45) is 0 Å². The van der Waals surface area contributed by atoms with Gasteiger partial charge in [-0.05, 0) is 31.5 Å². The average molecular weight is 231 g/mol. The lowest BCUT2D eigenvalue weighted by molar-refractivity contribution is 0.280. The maximum absolute atomic E-state index is 4.51. The third-order valence-electron chi connectivity index (χ3n) is 3.06. The van der Waals surface area contributed by atoms with E-state index < -0.39 is 0 Å². The minimum absolute atomic E-state index is 0.756. The molecule has 1 aliphatic rings. The highest BCUT2D eigenvalue weighted by molar-refractivity contribution is 5.14. The SMILES string of the molecule is C=CCN(Cc1ccc(CNC)cn1)C1CC1. The van der Waals surface area contributed by atoms with Crippen molar-refractivity contribution < 1.29 is 0 Å². The Morgan fingerprint density at radius 1 is 1.53 bits per heavy atom. The minimum atomic E-state index is 0.756. The minimum Gasteiger partial charge on any atom is -0.316 e. The van der Waals surface area contributed by atoms with E-state index in [1.54, 1.807) is 0 Å². The number of rotatable bonds is 7. The summed E-state index contributed by atoms with van der Waals surface area (Å²) in [6.07, 6.45) is 6.59. The van der Waals surface area contributed by atoms with Crippen molar-refractivity contribution in [3.05, 3.63) is 42.2 Å². The van der Waals surface area contributed by atoms with E-state index in [1.807, 2.05) is 19.3 Å². The van der Waals surface area contributed by atoms with E-state index in [4.69, 9.17) is 0 Å². The normalized spacial score (nSPS) is 15.2. The molecule has 1 aromatic rings. The molecule has 17 heavy (non-hydrogen) atoms. The summed E-state index contributed by atoms with van der Waals surface area (Å²) in [5, 5.41) is 3.13. The summed E-state index contributed by atoms with van der Waals surface area (Å²) in [5.41, 5.74) is 2.39. The van der Waals surface area contributed by atoms with Crippen molar-refractivity contribution in [1.82, 2.24) is 15.2 Å². The van der Waals surface area contributed by atoms with Crippen molar-refractivity contribution >= 4 is 0 Å². The third kappa shape index (κ3) is 3.65.